The Hall–Kier alpha value is -4.31. The summed E-state index contributed by atoms with van der Waals surface area (Å²) >= 11 is 0. The fraction of sp³-hybridized carbons (Fsp3) is 0.345. The molecule has 1 fully saturated rings. The number of fused-ring (bicyclic) bond motifs is 1. The fourth-order valence-electron chi connectivity index (χ4n) is 4.60. The van der Waals surface area contributed by atoms with Crippen LogP contribution < -0.4 is 30.7 Å². The number of anilines is 2. The smallest absolute Gasteiger partial charge is 0.319 e. The number of carbonyl (C=O) groups excluding carboxylic acids is 1. The van der Waals surface area contributed by atoms with Crippen molar-refractivity contribution in [1.29, 1.82) is 0 Å². The lowest BCUT2D eigenvalue weighted by Crippen LogP contribution is -2.38. The predicted molar refractivity (Wildman–Crippen MR) is 153 cm³/mol. The molecule has 4 N–H and O–H groups in total. The van der Waals surface area contributed by atoms with Crippen LogP contribution >= 0.6 is 0 Å². The molecule has 0 spiro atoms. The molecular formula is C29H35N7O3. The van der Waals surface area contributed by atoms with E-state index in [9.17, 15) is 4.79 Å². The Morgan fingerprint density at radius 1 is 1.10 bits per heavy atom. The van der Waals surface area contributed by atoms with Gasteiger partial charge in [-0.25, -0.2) is 14.5 Å². The van der Waals surface area contributed by atoms with E-state index in [4.69, 9.17) is 14.6 Å². The van der Waals surface area contributed by atoms with Crippen LogP contribution in [0.5, 0.6) is 17.2 Å². The minimum absolute atomic E-state index is 0.0551. The lowest BCUT2D eigenvalue weighted by Gasteiger charge is -2.23. The van der Waals surface area contributed by atoms with E-state index >= 15 is 0 Å². The van der Waals surface area contributed by atoms with E-state index in [1.54, 1.807) is 13.3 Å². The first-order chi connectivity index (χ1) is 19.0. The predicted octanol–water partition coefficient (Wildman–Crippen LogP) is 4.97. The lowest BCUT2D eigenvalue weighted by molar-refractivity contribution is 0.250. The fourth-order valence-corrected chi connectivity index (χ4v) is 4.60. The molecule has 3 heterocycles. The van der Waals surface area contributed by atoms with Crippen molar-refractivity contribution in [2.75, 3.05) is 30.8 Å². The van der Waals surface area contributed by atoms with Gasteiger partial charge in [0.2, 0.25) is 0 Å². The van der Waals surface area contributed by atoms with Crippen LogP contribution in [0.2, 0.25) is 0 Å². The number of hydrogen-bond acceptors (Lipinski definition) is 7. The first-order valence-corrected chi connectivity index (χ1v) is 13.3. The molecule has 10 nitrogen and oxygen atoms in total. The number of amides is 2. The molecule has 5 rings (SSSR count). The molecule has 2 amide bonds. The number of rotatable bonds is 9. The Morgan fingerprint density at radius 2 is 1.87 bits per heavy atom. The highest BCUT2D eigenvalue weighted by molar-refractivity contribution is 5.94. The average molecular weight is 530 g/mol. The molecule has 1 aliphatic rings. The molecule has 1 atom stereocenters. The standard InChI is InChI=1S/C29H35N7O3/c1-19(2)32-29(37)34-21-8-12-24(13-9-21)39-25-14-16-31-28-26(25)27(33-22-5-4-15-30-17-22)35-36(28)18-20-6-10-23(38-3)11-7-20/h6-14,16,19,22,30H,4-5,15,17-18H2,1-3H3,(H,33,35)(H2,32,34,37)/t22-/m1/s1. The monoisotopic (exact) mass is 529 g/mol. The van der Waals surface area contributed by atoms with E-state index in [1.807, 2.05) is 73.1 Å². The number of methoxy groups -OCH3 is 1. The van der Waals surface area contributed by atoms with Crippen LogP contribution in [0.15, 0.2) is 60.8 Å². The largest absolute Gasteiger partial charge is 0.497 e. The molecule has 1 saturated heterocycles. The van der Waals surface area contributed by atoms with E-state index in [0.29, 0.717) is 23.7 Å². The second-order valence-corrected chi connectivity index (χ2v) is 9.93. The summed E-state index contributed by atoms with van der Waals surface area (Å²) < 4.78 is 13.6. The van der Waals surface area contributed by atoms with Gasteiger partial charge in [-0.2, -0.15) is 5.10 Å². The molecule has 0 bridgehead atoms. The number of carbonyl (C=O) groups is 1. The van der Waals surface area contributed by atoms with Gasteiger partial charge >= 0.3 is 6.03 Å². The highest BCUT2D eigenvalue weighted by atomic mass is 16.5. The van der Waals surface area contributed by atoms with Gasteiger partial charge < -0.3 is 30.7 Å². The third kappa shape index (κ3) is 6.58. The summed E-state index contributed by atoms with van der Waals surface area (Å²) in [5.74, 6) is 2.86. The van der Waals surface area contributed by atoms with Crippen LogP contribution in [0, 0.1) is 0 Å². The van der Waals surface area contributed by atoms with Crippen LogP contribution in [0.1, 0.15) is 32.3 Å². The number of pyridine rings is 1. The maximum Gasteiger partial charge on any atom is 0.319 e. The maximum absolute atomic E-state index is 12.0. The molecule has 0 radical (unpaired) electrons. The topological polar surface area (TPSA) is 114 Å². The van der Waals surface area contributed by atoms with Crippen LogP contribution in [-0.2, 0) is 6.54 Å². The second kappa shape index (κ2) is 12.0. The van der Waals surface area contributed by atoms with Gasteiger partial charge in [0.1, 0.15) is 22.6 Å². The number of nitrogens with one attached hydrogen (secondary N) is 4. The van der Waals surface area contributed by atoms with Crippen molar-refractivity contribution in [3.8, 4) is 17.2 Å². The summed E-state index contributed by atoms with van der Waals surface area (Å²) in [5.41, 5.74) is 2.50. The minimum Gasteiger partial charge on any atom is -0.497 e. The lowest BCUT2D eigenvalue weighted by atomic mass is 10.1. The SMILES string of the molecule is COc1ccc(Cn2nc(N[C@@H]3CCCNC3)c3c(Oc4ccc(NC(=O)NC(C)C)cc4)ccnc32)cc1. The van der Waals surface area contributed by atoms with Gasteiger partial charge in [-0.15, -0.1) is 0 Å². The third-order valence-corrected chi connectivity index (χ3v) is 6.48. The van der Waals surface area contributed by atoms with Crippen molar-refractivity contribution in [3.05, 3.63) is 66.4 Å². The van der Waals surface area contributed by atoms with Crippen molar-refractivity contribution < 1.29 is 14.3 Å². The molecule has 204 valence electrons. The van der Waals surface area contributed by atoms with Gasteiger partial charge in [-0.3, -0.25) is 0 Å². The summed E-state index contributed by atoms with van der Waals surface area (Å²) in [6.07, 6.45) is 3.91. The third-order valence-electron chi connectivity index (χ3n) is 6.48. The zero-order valence-electron chi connectivity index (χ0n) is 22.5. The molecule has 2 aromatic heterocycles. The Labute approximate surface area is 228 Å². The zero-order chi connectivity index (χ0) is 27.2. The summed E-state index contributed by atoms with van der Waals surface area (Å²) in [5, 5.41) is 18.5. The van der Waals surface area contributed by atoms with Crippen LogP contribution in [0.4, 0.5) is 16.3 Å². The highest BCUT2D eigenvalue weighted by Gasteiger charge is 2.21. The minimum atomic E-state index is -0.244. The number of piperidine rings is 1. The molecule has 1 aliphatic heterocycles. The van der Waals surface area contributed by atoms with Crippen LogP contribution in [0.3, 0.4) is 0 Å². The quantitative estimate of drug-likeness (QED) is 0.242. The Bertz CT molecular complexity index is 1400. The summed E-state index contributed by atoms with van der Waals surface area (Å²) in [7, 11) is 1.66. The number of urea groups is 1. The molecule has 4 aromatic rings. The van der Waals surface area contributed by atoms with Gasteiger partial charge in [-0.05, 0) is 75.2 Å². The Balaban J connectivity index is 1.43. The number of hydrogen-bond donors (Lipinski definition) is 4. The first-order valence-electron chi connectivity index (χ1n) is 13.3. The molecule has 39 heavy (non-hydrogen) atoms. The van der Waals surface area contributed by atoms with Crippen molar-refractivity contribution in [1.82, 2.24) is 25.4 Å². The van der Waals surface area contributed by atoms with E-state index < -0.39 is 0 Å². The maximum atomic E-state index is 12.0. The van der Waals surface area contributed by atoms with E-state index in [-0.39, 0.29) is 18.1 Å². The Morgan fingerprint density at radius 3 is 2.56 bits per heavy atom. The normalized spacial score (nSPS) is 15.2. The van der Waals surface area contributed by atoms with E-state index in [0.717, 1.165) is 54.1 Å². The molecule has 10 heteroatoms. The average Bonchev–Trinajstić information content (AvgIpc) is 3.28. The first kappa shape index (κ1) is 26.3. The second-order valence-electron chi connectivity index (χ2n) is 9.93. The number of nitrogens with zero attached hydrogens (tertiary/aromatic N) is 3. The van der Waals surface area contributed by atoms with E-state index in [2.05, 4.69) is 26.3 Å². The van der Waals surface area contributed by atoms with Crippen LogP contribution in [-0.4, -0.2) is 53.1 Å². The van der Waals surface area contributed by atoms with Gasteiger partial charge in [-0.1, -0.05) is 12.1 Å². The molecule has 0 saturated carbocycles. The van der Waals surface area contributed by atoms with E-state index in [1.165, 1.54) is 0 Å². The van der Waals surface area contributed by atoms with Gasteiger partial charge in [0.25, 0.3) is 0 Å². The molecule has 0 aliphatic carbocycles. The number of aromatic nitrogens is 3. The summed E-state index contributed by atoms with van der Waals surface area (Å²) in [6, 6.07) is 17.2. The van der Waals surface area contributed by atoms with Crippen molar-refractivity contribution in [3.63, 3.8) is 0 Å². The van der Waals surface area contributed by atoms with Crippen molar-refractivity contribution >= 4 is 28.6 Å². The number of benzene rings is 2. The van der Waals surface area contributed by atoms with Crippen molar-refractivity contribution in [2.45, 2.75) is 45.3 Å². The molecular weight excluding hydrogens is 494 g/mol. The van der Waals surface area contributed by atoms with Gasteiger partial charge in [0.15, 0.2) is 11.5 Å². The van der Waals surface area contributed by atoms with Gasteiger partial charge in [0, 0.05) is 36.6 Å². The molecule has 0 unspecified atom stereocenters. The summed E-state index contributed by atoms with van der Waals surface area (Å²) in [6.45, 7) is 6.30. The van der Waals surface area contributed by atoms with Crippen LogP contribution in [0.25, 0.3) is 11.0 Å². The summed E-state index contributed by atoms with van der Waals surface area (Å²) in [4.78, 5) is 16.7. The molecule has 2 aromatic carbocycles. The zero-order valence-corrected chi connectivity index (χ0v) is 22.5. The highest BCUT2D eigenvalue weighted by Crippen LogP contribution is 2.35. The van der Waals surface area contributed by atoms with Gasteiger partial charge in [0.05, 0.1) is 13.7 Å². The Kier molecular flexibility index (Phi) is 8.12. The van der Waals surface area contributed by atoms with Crippen molar-refractivity contribution in [2.24, 2.45) is 0 Å². The number of ether oxygens (including phenoxy) is 2.